The zero-order valence-corrected chi connectivity index (χ0v) is 10.7. The van der Waals surface area contributed by atoms with Gasteiger partial charge in [0.2, 0.25) is 0 Å². The van der Waals surface area contributed by atoms with Crippen LogP contribution in [0.3, 0.4) is 0 Å². The van der Waals surface area contributed by atoms with Crippen LogP contribution in [-0.2, 0) is 21.4 Å². The molecule has 8 nitrogen and oxygen atoms in total. The van der Waals surface area contributed by atoms with Crippen LogP contribution in [-0.4, -0.2) is 38.8 Å². The molecule has 0 atom stereocenters. The van der Waals surface area contributed by atoms with Gasteiger partial charge in [-0.2, -0.15) is 0 Å². The molecule has 0 radical (unpaired) electrons. The molecule has 1 aromatic rings. The number of aliphatic hydroxyl groups is 1. The molecule has 110 valence electrons. The van der Waals surface area contributed by atoms with Crippen LogP contribution in [0.2, 0.25) is 0 Å². The number of carbonyl (C=O) groups excluding carboxylic acids is 1. The van der Waals surface area contributed by atoms with E-state index >= 15 is 0 Å². The van der Waals surface area contributed by atoms with Crippen molar-refractivity contribution in [2.24, 2.45) is 7.05 Å². The predicted molar refractivity (Wildman–Crippen MR) is 62.1 cm³/mol. The highest BCUT2D eigenvalue weighted by atomic mass is 16.4. The molecule has 0 bridgehead atoms. The molecule has 0 aliphatic rings. The van der Waals surface area contributed by atoms with Gasteiger partial charge in [-0.1, -0.05) is 6.07 Å². The van der Waals surface area contributed by atoms with Gasteiger partial charge in [0.15, 0.2) is 12.4 Å². The molecule has 0 unspecified atom stereocenters. The van der Waals surface area contributed by atoms with Crippen molar-refractivity contribution >= 4 is 17.9 Å². The third kappa shape index (κ3) is 7.07. The first-order valence-electron chi connectivity index (χ1n) is 5.45. The van der Waals surface area contributed by atoms with Crippen LogP contribution < -0.4 is 9.67 Å². The van der Waals surface area contributed by atoms with Gasteiger partial charge in [-0.05, 0) is 0 Å². The van der Waals surface area contributed by atoms with Crippen LogP contribution in [0.15, 0.2) is 30.6 Å². The molecular formula is C12H15NO7. The smallest absolute Gasteiger partial charge is 0.306 e. The van der Waals surface area contributed by atoms with E-state index in [4.69, 9.17) is 15.3 Å². The summed E-state index contributed by atoms with van der Waals surface area (Å²) in [5, 5.41) is 35.5. The topological polar surface area (TPSA) is 139 Å². The SMILES string of the molecule is C[n+]1ccccc1.O=C(O)CC(O)(CC(=O)O)C(=O)[O-]. The number of hydrogen-bond donors (Lipinski definition) is 3. The molecule has 0 fully saturated rings. The highest BCUT2D eigenvalue weighted by Gasteiger charge is 2.34. The summed E-state index contributed by atoms with van der Waals surface area (Å²) in [7, 11) is 2.00. The van der Waals surface area contributed by atoms with Crippen LogP contribution in [0.5, 0.6) is 0 Å². The van der Waals surface area contributed by atoms with Crippen LogP contribution in [0.25, 0.3) is 0 Å². The Morgan fingerprint density at radius 1 is 1.05 bits per heavy atom. The Hall–Kier alpha value is -2.48. The molecule has 0 amide bonds. The maximum atomic E-state index is 10.2. The summed E-state index contributed by atoms with van der Waals surface area (Å²) in [6, 6.07) is 6.00. The van der Waals surface area contributed by atoms with Crippen molar-refractivity contribution in [2.75, 3.05) is 0 Å². The predicted octanol–water partition coefficient (Wildman–Crippen LogP) is -2.07. The normalized spacial score (nSPS) is 10.1. The van der Waals surface area contributed by atoms with E-state index in [1.807, 2.05) is 42.2 Å². The molecule has 20 heavy (non-hydrogen) atoms. The highest BCUT2D eigenvalue weighted by Crippen LogP contribution is 2.14. The molecule has 0 saturated carbocycles. The van der Waals surface area contributed by atoms with Crippen LogP contribution in [0.1, 0.15) is 12.8 Å². The molecule has 0 aliphatic heterocycles. The highest BCUT2D eigenvalue weighted by molar-refractivity contribution is 5.86. The molecule has 1 aromatic heterocycles. The summed E-state index contributed by atoms with van der Waals surface area (Å²) < 4.78 is 2.00. The van der Waals surface area contributed by atoms with Crippen molar-refractivity contribution in [3.05, 3.63) is 30.6 Å². The fraction of sp³-hybridized carbons (Fsp3) is 0.333. The van der Waals surface area contributed by atoms with Crippen LogP contribution in [0.4, 0.5) is 0 Å². The summed E-state index contributed by atoms with van der Waals surface area (Å²) in [6.07, 6.45) is 1.59. The molecule has 3 N–H and O–H groups in total. The summed E-state index contributed by atoms with van der Waals surface area (Å²) in [6.45, 7) is 0. The maximum absolute atomic E-state index is 10.2. The van der Waals surface area contributed by atoms with Crippen LogP contribution >= 0.6 is 0 Å². The third-order valence-corrected chi connectivity index (χ3v) is 2.13. The van der Waals surface area contributed by atoms with Crippen molar-refractivity contribution in [1.82, 2.24) is 0 Å². The van der Waals surface area contributed by atoms with E-state index in [0.29, 0.717) is 0 Å². The Balaban J connectivity index is 0.000000428. The van der Waals surface area contributed by atoms with Gasteiger partial charge in [0.05, 0.1) is 18.8 Å². The van der Waals surface area contributed by atoms with E-state index < -0.39 is 36.4 Å². The summed E-state index contributed by atoms with van der Waals surface area (Å²) in [5.41, 5.74) is -2.85. The summed E-state index contributed by atoms with van der Waals surface area (Å²) in [4.78, 5) is 30.3. The van der Waals surface area contributed by atoms with E-state index in [-0.39, 0.29) is 0 Å². The summed E-state index contributed by atoms with van der Waals surface area (Å²) >= 11 is 0. The molecule has 0 aromatic carbocycles. The van der Waals surface area contributed by atoms with Crippen molar-refractivity contribution in [3.8, 4) is 0 Å². The quantitative estimate of drug-likeness (QED) is 0.528. The Bertz CT molecular complexity index is 456. The summed E-state index contributed by atoms with van der Waals surface area (Å²) in [5.74, 6) is -5.35. The lowest BCUT2D eigenvalue weighted by atomic mass is 9.96. The lowest BCUT2D eigenvalue weighted by molar-refractivity contribution is -0.671. The van der Waals surface area contributed by atoms with E-state index in [2.05, 4.69) is 0 Å². The van der Waals surface area contributed by atoms with E-state index in [1.54, 1.807) is 0 Å². The van der Waals surface area contributed by atoms with Crippen molar-refractivity contribution in [3.63, 3.8) is 0 Å². The number of carboxylic acids is 3. The zero-order chi connectivity index (χ0) is 15.8. The largest absolute Gasteiger partial charge is 0.547 e. The average molecular weight is 285 g/mol. The first-order valence-corrected chi connectivity index (χ1v) is 5.45. The number of carbonyl (C=O) groups is 3. The first-order chi connectivity index (χ1) is 9.17. The molecule has 1 rings (SSSR count). The van der Waals surface area contributed by atoms with Gasteiger partial charge in [-0.3, -0.25) is 9.59 Å². The third-order valence-electron chi connectivity index (χ3n) is 2.13. The minimum absolute atomic E-state index is 1.21. The van der Waals surface area contributed by atoms with Crippen molar-refractivity contribution in [2.45, 2.75) is 18.4 Å². The minimum Gasteiger partial charge on any atom is -0.547 e. The fourth-order valence-corrected chi connectivity index (χ4v) is 1.19. The lowest BCUT2D eigenvalue weighted by Crippen LogP contribution is -2.51. The van der Waals surface area contributed by atoms with Crippen molar-refractivity contribution in [1.29, 1.82) is 0 Å². The van der Waals surface area contributed by atoms with E-state index in [9.17, 15) is 19.5 Å². The Labute approximate surface area is 114 Å². The Morgan fingerprint density at radius 2 is 1.45 bits per heavy atom. The van der Waals surface area contributed by atoms with Gasteiger partial charge in [0.1, 0.15) is 12.6 Å². The van der Waals surface area contributed by atoms with Gasteiger partial charge in [-0.25, -0.2) is 4.57 Å². The second-order valence-corrected chi connectivity index (χ2v) is 4.00. The Morgan fingerprint density at radius 3 is 1.65 bits per heavy atom. The zero-order valence-electron chi connectivity index (χ0n) is 10.7. The number of hydrogen-bond acceptors (Lipinski definition) is 5. The van der Waals surface area contributed by atoms with Gasteiger partial charge in [-0.15, -0.1) is 0 Å². The second kappa shape index (κ2) is 7.85. The molecule has 1 heterocycles. The second-order valence-electron chi connectivity index (χ2n) is 4.00. The number of nitrogens with zero attached hydrogens (tertiary/aromatic N) is 1. The van der Waals surface area contributed by atoms with Gasteiger partial charge in [0, 0.05) is 12.1 Å². The minimum atomic E-state index is -2.85. The van der Waals surface area contributed by atoms with E-state index in [1.165, 1.54) is 0 Å². The molecule has 8 heteroatoms. The molecular weight excluding hydrogens is 270 g/mol. The standard InChI is InChI=1S/C6H8N.C6H8O7/c1-7-5-3-2-4-6-7;7-3(8)1-6(13,5(11)12)2-4(9)10/h2-6H,1H3;13H,1-2H2,(H,7,8)(H,9,10)(H,11,12)/q+1;/p-1. The van der Waals surface area contributed by atoms with Gasteiger partial charge < -0.3 is 25.2 Å². The van der Waals surface area contributed by atoms with Gasteiger partial charge in [0.25, 0.3) is 0 Å². The Kier molecular flexibility index (Phi) is 6.87. The molecule has 0 spiro atoms. The lowest BCUT2D eigenvalue weighted by Gasteiger charge is -2.25. The molecule has 0 saturated heterocycles. The monoisotopic (exact) mass is 285 g/mol. The number of aryl methyl sites for hydroxylation is 1. The van der Waals surface area contributed by atoms with Crippen LogP contribution in [0, 0.1) is 0 Å². The number of carboxylic acid groups (broad SMARTS) is 3. The van der Waals surface area contributed by atoms with Gasteiger partial charge >= 0.3 is 11.9 Å². The first kappa shape index (κ1) is 17.5. The fourth-order valence-electron chi connectivity index (χ4n) is 1.19. The maximum Gasteiger partial charge on any atom is 0.306 e. The molecule has 0 aliphatic carbocycles. The number of rotatable bonds is 5. The average Bonchev–Trinajstić information content (AvgIpc) is 2.28. The van der Waals surface area contributed by atoms with Crippen molar-refractivity contribution < 1.29 is 39.4 Å². The number of aliphatic carboxylic acids is 3. The number of aromatic nitrogens is 1. The number of pyridine rings is 1. The van der Waals surface area contributed by atoms with E-state index in [0.717, 1.165) is 0 Å².